The van der Waals surface area contributed by atoms with Gasteiger partial charge in [0.15, 0.2) is 0 Å². The van der Waals surface area contributed by atoms with E-state index in [0.29, 0.717) is 26.2 Å². The van der Waals surface area contributed by atoms with Gasteiger partial charge in [0.1, 0.15) is 23.3 Å². The van der Waals surface area contributed by atoms with Crippen molar-refractivity contribution >= 4 is 21.7 Å². The normalized spacial score (nSPS) is 18.4. The molecule has 0 saturated carbocycles. The first-order valence-electron chi connectivity index (χ1n) is 9.99. The van der Waals surface area contributed by atoms with E-state index in [-0.39, 0.29) is 11.3 Å². The molecule has 4 rings (SSSR count). The Bertz CT molecular complexity index is 971. The number of hydrogen-bond acceptors (Lipinski definition) is 6. The SMILES string of the molecule is Cc1nc(N2CCCC2)cc(N2CCN(S(=O)(=O)Cc3ccccc3F)CC2)n1. The Morgan fingerprint density at radius 2 is 1.52 bits per heavy atom. The minimum atomic E-state index is -3.57. The van der Waals surface area contributed by atoms with E-state index in [2.05, 4.69) is 19.8 Å². The van der Waals surface area contributed by atoms with Crippen molar-refractivity contribution in [2.75, 3.05) is 49.1 Å². The Morgan fingerprint density at radius 3 is 2.14 bits per heavy atom. The topological polar surface area (TPSA) is 69.6 Å². The van der Waals surface area contributed by atoms with Crippen molar-refractivity contribution in [3.05, 3.63) is 47.5 Å². The van der Waals surface area contributed by atoms with Gasteiger partial charge in [-0.2, -0.15) is 4.31 Å². The quantitative estimate of drug-likeness (QED) is 0.740. The lowest BCUT2D eigenvalue weighted by Crippen LogP contribution is -2.49. The van der Waals surface area contributed by atoms with Gasteiger partial charge in [-0.3, -0.25) is 0 Å². The van der Waals surface area contributed by atoms with Gasteiger partial charge < -0.3 is 9.80 Å². The van der Waals surface area contributed by atoms with E-state index in [1.54, 1.807) is 12.1 Å². The average Bonchev–Trinajstić information content (AvgIpc) is 3.24. The number of rotatable bonds is 5. The summed E-state index contributed by atoms with van der Waals surface area (Å²) < 4.78 is 40.8. The molecule has 2 aromatic rings. The van der Waals surface area contributed by atoms with Gasteiger partial charge in [0.05, 0.1) is 5.75 Å². The summed E-state index contributed by atoms with van der Waals surface area (Å²) in [4.78, 5) is 13.5. The summed E-state index contributed by atoms with van der Waals surface area (Å²) in [5.74, 6) is 1.70. The molecule has 29 heavy (non-hydrogen) atoms. The van der Waals surface area contributed by atoms with Crippen LogP contribution in [0.2, 0.25) is 0 Å². The van der Waals surface area contributed by atoms with Gasteiger partial charge in [-0.25, -0.2) is 22.8 Å². The number of piperazine rings is 1. The lowest BCUT2D eigenvalue weighted by molar-refractivity contribution is 0.382. The molecule has 0 amide bonds. The molecule has 0 N–H and O–H groups in total. The second kappa shape index (κ2) is 8.23. The molecule has 9 heteroatoms. The Hall–Kier alpha value is -2.26. The van der Waals surface area contributed by atoms with Gasteiger partial charge >= 0.3 is 0 Å². The minimum absolute atomic E-state index is 0.205. The van der Waals surface area contributed by atoms with Crippen molar-refractivity contribution in [1.82, 2.24) is 14.3 Å². The maximum atomic E-state index is 13.9. The van der Waals surface area contributed by atoms with Crippen LogP contribution in [0, 0.1) is 12.7 Å². The smallest absolute Gasteiger partial charge is 0.218 e. The number of hydrogen-bond donors (Lipinski definition) is 0. The zero-order valence-electron chi connectivity index (χ0n) is 16.6. The Labute approximate surface area is 171 Å². The molecule has 0 bridgehead atoms. The van der Waals surface area contributed by atoms with Gasteiger partial charge in [-0.15, -0.1) is 0 Å². The van der Waals surface area contributed by atoms with Crippen molar-refractivity contribution in [2.24, 2.45) is 0 Å². The summed E-state index contributed by atoms with van der Waals surface area (Å²) >= 11 is 0. The summed E-state index contributed by atoms with van der Waals surface area (Å²) in [5.41, 5.74) is 0.205. The molecule has 2 aliphatic heterocycles. The fourth-order valence-electron chi connectivity index (χ4n) is 3.91. The molecule has 0 unspecified atom stereocenters. The first-order chi connectivity index (χ1) is 13.9. The zero-order valence-corrected chi connectivity index (χ0v) is 17.4. The number of benzene rings is 1. The summed E-state index contributed by atoms with van der Waals surface area (Å²) in [6.45, 7) is 5.73. The second-order valence-corrected chi connectivity index (χ2v) is 9.53. The Balaban J connectivity index is 1.43. The van der Waals surface area contributed by atoms with Crippen LogP contribution in [0.1, 0.15) is 24.2 Å². The summed E-state index contributed by atoms with van der Waals surface area (Å²) in [5, 5.41) is 0. The highest BCUT2D eigenvalue weighted by Crippen LogP contribution is 2.24. The van der Waals surface area contributed by atoms with Crippen molar-refractivity contribution < 1.29 is 12.8 Å². The van der Waals surface area contributed by atoms with E-state index in [9.17, 15) is 12.8 Å². The largest absolute Gasteiger partial charge is 0.356 e. The van der Waals surface area contributed by atoms with Crippen molar-refractivity contribution in [1.29, 1.82) is 0 Å². The first-order valence-corrected chi connectivity index (χ1v) is 11.6. The first kappa shape index (κ1) is 20.0. The molecule has 3 heterocycles. The number of aromatic nitrogens is 2. The standard InChI is InChI=1S/C20H26FN5O2S/c1-16-22-19(24-8-4-5-9-24)14-20(23-16)25-10-12-26(13-11-25)29(27,28)15-17-6-2-3-7-18(17)21/h2-3,6-7,14H,4-5,8-13,15H2,1H3. The van der Waals surface area contributed by atoms with Crippen LogP contribution >= 0.6 is 0 Å². The predicted molar refractivity (Wildman–Crippen MR) is 111 cm³/mol. The molecule has 0 radical (unpaired) electrons. The fraction of sp³-hybridized carbons (Fsp3) is 0.500. The Kier molecular flexibility index (Phi) is 5.69. The van der Waals surface area contributed by atoms with Crippen LogP contribution in [0.3, 0.4) is 0 Å². The molecule has 156 valence electrons. The van der Waals surface area contributed by atoms with E-state index in [1.165, 1.54) is 29.3 Å². The lowest BCUT2D eigenvalue weighted by atomic mass is 10.2. The van der Waals surface area contributed by atoms with Gasteiger partial charge in [0.2, 0.25) is 10.0 Å². The van der Waals surface area contributed by atoms with Gasteiger partial charge in [-0.1, -0.05) is 18.2 Å². The minimum Gasteiger partial charge on any atom is -0.356 e. The molecule has 0 aliphatic carbocycles. The number of halogens is 1. The van der Waals surface area contributed by atoms with E-state index in [0.717, 1.165) is 30.5 Å². The third-order valence-corrected chi connectivity index (χ3v) is 7.32. The number of anilines is 2. The van der Waals surface area contributed by atoms with Crippen LogP contribution in [-0.2, 0) is 15.8 Å². The van der Waals surface area contributed by atoms with Crippen LogP contribution in [0.15, 0.2) is 30.3 Å². The van der Waals surface area contributed by atoms with Crippen LogP contribution in [0.4, 0.5) is 16.0 Å². The van der Waals surface area contributed by atoms with E-state index in [4.69, 9.17) is 0 Å². The molecule has 2 aliphatic rings. The van der Waals surface area contributed by atoms with E-state index >= 15 is 0 Å². The van der Waals surface area contributed by atoms with E-state index < -0.39 is 15.8 Å². The number of aryl methyl sites for hydroxylation is 1. The third kappa shape index (κ3) is 4.51. The van der Waals surface area contributed by atoms with Crippen LogP contribution < -0.4 is 9.80 Å². The van der Waals surface area contributed by atoms with Gasteiger partial charge in [0, 0.05) is 50.9 Å². The zero-order chi connectivity index (χ0) is 20.4. The number of nitrogens with zero attached hydrogens (tertiary/aromatic N) is 5. The molecule has 2 saturated heterocycles. The number of sulfonamides is 1. The maximum Gasteiger partial charge on any atom is 0.218 e. The summed E-state index contributed by atoms with van der Waals surface area (Å²) in [6.07, 6.45) is 2.36. The van der Waals surface area contributed by atoms with Crippen molar-refractivity contribution in [2.45, 2.75) is 25.5 Å². The molecule has 7 nitrogen and oxygen atoms in total. The summed E-state index contributed by atoms with van der Waals surface area (Å²) in [6, 6.07) is 8.03. The highest BCUT2D eigenvalue weighted by atomic mass is 32.2. The predicted octanol–water partition coefficient (Wildman–Crippen LogP) is 2.18. The van der Waals surface area contributed by atoms with Crippen LogP contribution in [0.25, 0.3) is 0 Å². The molecule has 1 aromatic heterocycles. The average molecular weight is 420 g/mol. The van der Waals surface area contributed by atoms with Crippen LogP contribution in [0.5, 0.6) is 0 Å². The second-order valence-electron chi connectivity index (χ2n) is 7.56. The van der Waals surface area contributed by atoms with Crippen molar-refractivity contribution in [3.8, 4) is 0 Å². The third-order valence-electron chi connectivity index (χ3n) is 5.49. The highest BCUT2D eigenvalue weighted by Gasteiger charge is 2.29. The molecule has 0 spiro atoms. The summed E-state index contributed by atoms with van der Waals surface area (Å²) in [7, 11) is -3.57. The van der Waals surface area contributed by atoms with E-state index in [1.807, 2.05) is 13.0 Å². The van der Waals surface area contributed by atoms with Gasteiger partial charge in [-0.05, 0) is 25.8 Å². The van der Waals surface area contributed by atoms with Crippen molar-refractivity contribution in [3.63, 3.8) is 0 Å². The van der Waals surface area contributed by atoms with Crippen LogP contribution in [-0.4, -0.2) is 62.0 Å². The molecule has 2 fully saturated rings. The monoisotopic (exact) mass is 419 g/mol. The molecule has 0 atom stereocenters. The Morgan fingerprint density at radius 1 is 0.931 bits per heavy atom. The lowest BCUT2D eigenvalue weighted by Gasteiger charge is -2.35. The maximum absolute atomic E-state index is 13.9. The molecule has 1 aromatic carbocycles. The molecular weight excluding hydrogens is 393 g/mol. The highest BCUT2D eigenvalue weighted by molar-refractivity contribution is 7.88. The fourth-order valence-corrected chi connectivity index (χ4v) is 5.43. The van der Waals surface area contributed by atoms with Gasteiger partial charge in [0.25, 0.3) is 0 Å². The molecular formula is C20H26FN5O2S.